The Labute approximate surface area is 878 Å². The van der Waals surface area contributed by atoms with E-state index in [4.69, 9.17) is 0 Å². The van der Waals surface area contributed by atoms with E-state index >= 15 is 0 Å². The highest BCUT2D eigenvalue weighted by Crippen LogP contribution is 2.64. The van der Waals surface area contributed by atoms with E-state index in [0.717, 1.165) is 45.3 Å². The summed E-state index contributed by atoms with van der Waals surface area (Å²) in [6.45, 7) is 19.1. The number of aromatic nitrogens is 2. The molecule has 6 heteroatoms. The number of anilines is 12. The number of fused-ring (bicyclic) bond motifs is 14. The average molecular weight is 1930 g/mol. The number of hydrogen-bond acceptors (Lipinski definition) is 4. The molecule has 0 N–H and O–H groups in total. The van der Waals surface area contributed by atoms with Gasteiger partial charge in [0.15, 0.2) is 0 Å². The maximum Gasteiger partial charge on any atom is 0.0544 e. The quantitative estimate of drug-likeness (QED) is 0.102. The molecule has 0 amide bonds. The van der Waals surface area contributed by atoms with Crippen molar-refractivity contribution in [2.75, 3.05) is 19.6 Å². The Kier molecular flexibility index (Phi) is 22.6. The molecule has 6 nitrogen and oxygen atoms in total. The number of hydrogen-bond donors (Lipinski definition) is 0. The Bertz CT molecular complexity index is 8760. The molecule has 4 aliphatic rings. The van der Waals surface area contributed by atoms with Crippen molar-refractivity contribution < 1.29 is 0 Å². The van der Waals surface area contributed by atoms with Gasteiger partial charge in [-0.2, -0.15) is 0 Å². The normalized spacial score (nSPS) is 13.7. The van der Waals surface area contributed by atoms with Gasteiger partial charge in [-0.05, 0) is 298 Å². The minimum Gasteiger partial charge on any atom is -0.311 e. The van der Waals surface area contributed by atoms with Gasteiger partial charge in [0.25, 0.3) is 0 Å². The first-order valence-electron chi connectivity index (χ1n) is 52.4. The Morgan fingerprint density at radius 3 is 0.700 bits per heavy atom. The van der Waals surface area contributed by atoms with Crippen molar-refractivity contribution in [1.29, 1.82) is 0 Å². The summed E-state index contributed by atoms with van der Waals surface area (Å²) in [6.07, 6.45) is 0. The van der Waals surface area contributed by atoms with Crippen LogP contribution in [0.15, 0.2) is 534 Å². The molecule has 22 aromatic carbocycles. The predicted octanol–water partition coefficient (Wildman–Crippen LogP) is 39.4. The Balaban J connectivity index is 0.000000116. The lowest BCUT2D eigenvalue weighted by Crippen LogP contribution is -2.38. The van der Waals surface area contributed by atoms with Crippen molar-refractivity contribution in [2.24, 2.45) is 0 Å². The molecular weight excluding hydrogens is 1810 g/mol. The van der Waals surface area contributed by atoms with E-state index in [1.165, 1.54) is 200 Å². The van der Waals surface area contributed by atoms with Crippen LogP contribution in [0.25, 0.3) is 133 Å². The van der Waals surface area contributed by atoms with Gasteiger partial charge in [-0.25, -0.2) is 0 Å². The molecule has 0 bridgehead atoms. The molecule has 0 spiro atoms. The van der Waals surface area contributed by atoms with Crippen LogP contribution >= 0.6 is 0 Å². The maximum atomic E-state index is 2.53. The van der Waals surface area contributed by atoms with Crippen molar-refractivity contribution in [3.05, 3.63) is 578 Å². The standard InChI is InChI=1S/C60H44N2.2C42H34N2/c1-5-13-45(14-6-1)49-21-33-55(34-22-49)61(56-35-23-50(24-36-56)46-15-7-2-8-16-46)59-41-29-53(30-42-59)54-31-43-60(44-32-54)62(57-37-25-51(26-38-57)47-17-9-3-10-18-47)58-39-27-52(28-40-58)48-19-11-4-12-20-48;1-41(2)32-17-9-12-20-38(32)44-39-21-13-10-18-33(39)42(3,4)35-26-28(25-34(41)40(35)44)27-22-23-37-31(24-27)30-16-8-11-19-36(30)43(37)29-14-6-5-7-15-29;1-41(2)32-16-9-11-20-38(32)44-39-24-22-28(26-35(39)42(3,4)34-18-12-17-33(41)40(34)44)27-21-23-37-31(25-27)30-15-8-10-19-36(30)43(37)29-13-6-5-7-14-29/h1-44H;2*5-26H,1-4H3. The van der Waals surface area contributed by atoms with Crippen molar-refractivity contribution in [2.45, 2.75) is 77.0 Å². The molecule has 0 unspecified atom stereocenters. The minimum absolute atomic E-state index is 0.0691. The summed E-state index contributed by atoms with van der Waals surface area (Å²) in [5.74, 6) is 0. The third-order valence-electron chi connectivity index (χ3n) is 32.2. The molecule has 0 saturated heterocycles. The first-order chi connectivity index (χ1) is 73.4. The molecule has 0 atom stereocenters. The van der Waals surface area contributed by atoms with Gasteiger partial charge >= 0.3 is 0 Å². The Morgan fingerprint density at radius 1 is 0.147 bits per heavy atom. The molecule has 4 aliphatic heterocycles. The highest BCUT2D eigenvalue weighted by atomic mass is 15.2. The molecule has 2 aromatic heterocycles. The lowest BCUT2D eigenvalue weighted by molar-refractivity contribution is 0.597. The van der Waals surface area contributed by atoms with Crippen LogP contribution in [0.5, 0.6) is 0 Å². The summed E-state index contributed by atoms with van der Waals surface area (Å²) in [5, 5.41) is 5.12. The van der Waals surface area contributed by atoms with Gasteiger partial charge < -0.3 is 28.7 Å². The van der Waals surface area contributed by atoms with Gasteiger partial charge in [0, 0.05) is 88.7 Å². The van der Waals surface area contributed by atoms with Crippen LogP contribution in [-0.2, 0) is 21.7 Å². The van der Waals surface area contributed by atoms with Crippen molar-refractivity contribution >= 4 is 112 Å². The number of rotatable bonds is 15. The number of nitrogens with zero attached hydrogens (tertiary/aromatic N) is 6. The first-order valence-corrected chi connectivity index (χ1v) is 52.4. The van der Waals surface area contributed by atoms with Crippen molar-refractivity contribution in [3.8, 4) is 89.3 Å². The van der Waals surface area contributed by atoms with Crippen LogP contribution in [0, 0.1) is 0 Å². The lowest BCUT2D eigenvalue weighted by atomic mass is 9.65. The predicted molar refractivity (Wildman–Crippen MR) is 633 cm³/mol. The van der Waals surface area contributed by atoms with E-state index in [1.54, 1.807) is 0 Å². The average Bonchev–Trinajstić information content (AvgIpc) is 0.912. The molecule has 718 valence electrons. The first kappa shape index (κ1) is 91.6. The number of benzene rings is 22. The van der Waals surface area contributed by atoms with Crippen molar-refractivity contribution in [1.82, 2.24) is 9.13 Å². The molecule has 150 heavy (non-hydrogen) atoms. The molecule has 28 rings (SSSR count). The molecule has 0 aliphatic carbocycles. The molecule has 0 saturated carbocycles. The maximum absolute atomic E-state index is 2.53. The molecule has 0 fully saturated rings. The SMILES string of the molecule is CC1(C)c2ccccc2N2c3ccc(-c4ccc5c(c4)c4ccccc4n5-c4ccccc4)cc3C(C)(C)c3cccc1c32.CC1(C)c2ccccc2N2c3ccccc3C(C)(C)c3cc(-c4ccc5c(c4)c4ccccc4n5-c4ccccc4)cc1c32.c1ccc(-c2ccc(N(c3ccc(-c4ccccc4)cc3)c3ccc(-c4ccc(N(c5ccc(-c6ccccc6)cc5)c5ccc(-c6ccccc6)cc5)cc4)cc3)cc2)cc1. The summed E-state index contributed by atoms with van der Waals surface area (Å²) < 4.78 is 4.78. The Hall–Kier alpha value is -18.4. The van der Waals surface area contributed by atoms with E-state index < -0.39 is 0 Å². The Morgan fingerprint density at radius 2 is 0.367 bits per heavy atom. The van der Waals surface area contributed by atoms with E-state index in [-0.39, 0.29) is 21.7 Å². The second-order valence-corrected chi connectivity index (χ2v) is 42.3. The largest absolute Gasteiger partial charge is 0.311 e. The van der Waals surface area contributed by atoms with Crippen LogP contribution in [0.2, 0.25) is 0 Å². The third-order valence-corrected chi connectivity index (χ3v) is 32.2. The van der Waals surface area contributed by atoms with Gasteiger partial charge in [0.2, 0.25) is 0 Å². The van der Waals surface area contributed by atoms with E-state index in [1.807, 2.05) is 0 Å². The topological polar surface area (TPSA) is 22.8 Å². The second kappa shape index (κ2) is 37.0. The monoisotopic (exact) mass is 1920 g/mol. The van der Waals surface area contributed by atoms with Crippen molar-refractivity contribution in [3.63, 3.8) is 0 Å². The van der Waals surface area contributed by atoms with E-state index in [0.29, 0.717) is 0 Å². The van der Waals surface area contributed by atoms with Gasteiger partial charge in [-0.15, -0.1) is 0 Å². The fraction of sp³-hybridized carbons (Fsp3) is 0.0833. The zero-order chi connectivity index (χ0) is 101. The smallest absolute Gasteiger partial charge is 0.0544 e. The van der Waals surface area contributed by atoms with Crippen LogP contribution in [-0.4, -0.2) is 9.13 Å². The highest BCUT2D eigenvalue weighted by molar-refractivity contribution is 6.12. The fourth-order valence-electron chi connectivity index (χ4n) is 24.4. The summed E-state index contributed by atoms with van der Waals surface area (Å²) in [6, 6.07) is 194. The van der Waals surface area contributed by atoms with E-state index in [9.17, 15) is 0 Å². The lowest BCUT2D eigenvalue weighted by Gasteiger charge is -2.49. The molecule has 6 heterocycles. The summed E-state index contributed by atoms with van der Waals surface area (Å²) in [4.78, 5) is 9.74. The fourth-order valence-corrected chi connectivity index (χ4v) is 24.4. The third kappa shape index (κ3) is 15.7. The molecule has 24 aromatic rings. The zero-order valence-electron chi connectivity index (χ0n) is 85.5. The molecular formula is C144H112N6. The van der Waals surface area contributed by atoms with Crippen LogP contribution < -0.4 is 19.6 Å². The van der Waals surface area contributed by atoms with Crippen LogP contribution in [0.1, 0.15) is 99.9 Å². The van der Waals surface area contributed by atoms with Gasteiger partial charge in [-0.3, -0.25) is 0 Å². The van der Waals surface area contributed by atoms with Crippen LogP contribution in [0.4, 0.5) is 68.2 Å². The summed E-state index contributed by atoms with van der Waals surface area (Å²) in [5.41, 5.74) is 49.2. The summed E-state index contributed by atoms with van der Waals surface area (Å²) in [7, 11) is 0. The van der Waals surface area contributed by atoms with Gasteiger partial charge in [0.05, 0.1) is 56.2 Å². The minimum atomic E-state index is -0.150. The molecule has 0 radical (unpaired) electrons. The van der Waals surface area contributed by atoms with Gasteiger partial charge in [-0.1, -0.05) is 413 Å². The summed E-state index contributed by atoms with van der Waals surface area (Å²) >= 11 is 0. The second-order valence-electron chi connectivity index (χ2n) is 42.3. The zero-order valence-corrected chi connectivity index (χ0v) is 85.5. The van der Waals surface area contributed by atoms with Crippen LogP contribution in [0.3, 0.4) is 0 Å². The van der Waals surface area contributed by atoms with E-state index in [2.05, 4.69) is 618 Å². The highest BCUT2D eigenvalue weighted by Gasteiger charge is 2.48. The van der Waals surface area contributed by atoms with Gasteiger partial charge in [0.1, 0.15) is 0 Å². The number of para-hydroxylation sites is 8.